The second-order valence-corrected chi connectivity index (χ2v) is 7.71. The fourth-order valence-corrected chi connectivity index (χ4v) is 3.97. The van der Waals surface area contributed by atoms with Gasteiger partial charge in [0.05, 0.1) is 18.9 Å². The first kappa shape index (κ1) is 21.0. The average Bonchev–Trinajstić information content (AvgIpc) is 3.15. The number of ether oxygens (including phenoxy) is 2. The number of morpholine rings is 1. The van der Waals surface area contributed by atoms with Crippen LogP contribution in [0.5, 0.6) is 5.75 Å². The maximum atomic E-state index is 12.5. The smallest absolute Gasteiger partial charge is 0.387 e. The van der Waals surface area contributed by atoms with Gasteiger partial charge >= 0.3 is 6.61 Å². The van der Waals surface area contributed by atoms with Gasteiger partial charge in [-0.1, -0.05) is 6.07 Å². The maximum Gasteiger partial charge on any atom is 0.387 e. The van der Waals surface area contributed by atoms with Crippen molar-refractivity contribution in [2.24, 2.45) is 0 Å². The third kappa shape index (κ3) is 5.27. The standard InChI is InChI=1S/C21H29F2N5O2/c1-17-15-20(24-28(17)18-3-2-4-19(16-18)30-21(22)23)27-9-7-25(8-10-27)5-6-26-11-13-29-14-12-26/h2-4,15-16,21H,5-14H2,1H3. The van der Waals surface area contributed by atoms with E-state index in [1.165, 1.54) is 6.07 Å². The van der Waals surface area contributed by atoms with Crippen LogP contribution in [-0.4, -0.2) is 91.8 Å². The predicted octanol–water partition coefficient (Wildman–Crippen LogP) is 2.24. The van der Waals surface area contributed by atoms with Gasteiger partial charge < -0.3 is 14.4 Å². The van der Waals surface area contributed by atoms with Crippen molar-refractivity contribution < 1.29 is 18.3 Å². The number of aryl methyl sites for hydroxylation is 1. The van der Waals surface area contributed by atoms with Gasteiger partial charge in [0.15, 0.2) is 5.82 Å². The molecule has 0 radical (unpaired) electrons. The van der Waals surface area contributed by atoms with Crippen LogP contribution in [-0.2, 0) is 4.74 Å². The lowest BCUT2D eigenvalue weighted by Gasteiger charge is -2.36. The zero-order valence-corrected chi connectivity index (χ0v) is 17.3. The van der Waals surface area contributed by atoms with Crippen LogP contribution in [0.15, 0.2) is 30.3 Å². The monoisotopic (exact) mass is 421 g/mol. The van der Waals surface area contributed by atoms with E-state index >= 15 is 0 Å². The van der Waals surface area contributed by atoms with Crippen LogP contribution < -0.4 is 9.64 Å². The summed E-state index contributed by atoms with van der Waals surface area (Å²) in [7, 11) is 0. The Bertz CT molecular complexity index is 817. The molecule has 2 aliphatic heterocycles. The molecule has 0 N–H and O–H groups in total. The molecule has 0 spiro atoms. The van der Waals surface area contributed by atoms with Gasteiger partial charge in [0.1, 0.15) is 5.75 Å². The van der Waals surface area contributed by atoms with E-state index in [4.69, 9.17) is 9.84 Å². The third-order valence-corrected chi connectivity index (χ3v) is 5.69. The maximum absolute atomic E-state index is 12.5. The molecule has 0 unspecified atom stereocenters. The zero-order chi connectivity index (χ0) is 20.9. The highest BCUT2D eigenvalue weighted by molar-refractivity contribution is 5.46. The number of halogens is 2. The molecule has 30 heavy (non-hydrogen) atoms. The number of aromatic nitrogens is 2. The van der Waals surface area contributed by atoms with E-state index in [-0.39, 0.29) is 5.75 Å². The summed E-state index contributed by atoms with van der Waals surface area (Å²) >= 11 is 0. The fraction of sp³-hybridized carbons (Fsp3) is 0.571. The summed E-state index contributed by atoms with van der Waals surface area (Å²) in [5.74, 6) is 1.05. The first-order chi connectivity index (χ1) is 14.6. The van der Waals surface area contributed by atoms with E-state index in [9.17, 15) is 8.78 Å². The van der Waals surface area contributed by atoms with Gasteiger partial charge in [-0.25, -0.2) is 4.68 Å². The largest absolute Gasteiger partial charge is 0.435 e. The fourth-order valence-electron chi connectivity index (χ4n) is 3.97. The molecule has 2 aromatic rings. The van der Waals surface area contributed by atoms with Crippen molar-refractivity contribution in [1.82, 2.24) is 19.6 Å². The molecule has 3 heterocycles. The highest BCUT2D eigenvalue weighted by Gasteiger charge is 2.21. The Morgan fingerprint density at radius 1 is 1.00 bits per heavy atom. The molecule has 9 heteroatoms. The number of alkyl halides is 2. The highest BCUT2D eigenvalue weighted by atomic mass is 19.3. The van der Waals surface area contributed by atoms with Crippen molar-refractivity contribution in [1.29, 1.82) is 0 Å². The van der Waals surface area contributed by atoms with Crippen molar-refractivity contribution in [2.75, 3.05) is 70.5 Å². The van der Waals surface area contributed by atoms with Gasteiger partial charge in [-0.2, -0.15) is 13.9 Å². The van der Waals surface area contributed by atoms with E-state index in [1.807, 2.05) is 19.1 Å². The Kier molecular flexibility index (Phi) is 6.81. The van der Waals surface area contributed by atoms with Crippen LogP contribution in [0.4, 0.5) is 14.6 Å². The average molecular weight is 421 g/mol. The molecular weight excluding hydrogens is 392 g/mol. The van der Waals surface area contributed by atoms with Crippen molar-refractivity contribution in [3.63, 3.8) is 0 Å². The van der Waals surface area contributed by atoms with E-state index in [0.29, 0.717) is 5.69 Å². The first-order valence-corrected chi connectivity index (χ1v) is 10.5. The lowest BCUT2D eigenvalue weighted by Crippen LogP contribution is -2.49. The van der Waals surface area contributed by atoms with Crippen molar-refractivity contribution in [3.05, 3.63) is 36.0 Å². The molecule has 0 atom stereocenters. The van der Waals surface area contributed by atoms with Crippen LogP contribution in [0.3, 0.4) is 0 Å². The van der Waals surface area contributed by atoms with Crippen LogP contribution in [0.1, 0.15) is 5.69 Å². The minimum absolute atomic E-state index is 0.132. The Morgan fingerprint density at radius 3 is 2.40 bits per heavy atom. The lowest BCUT2D eigenvalue weighted by molar-refractivity contribution is -0.0498. The summed E-state index contributed by atoms with van der Waals surface area (Å²) in [6.45, 7) is 8.90. The Labute approximate surface area is 175 Å². The molecule has 1 aromatic heterocycles. The number of benzene rings is 1. The van der Waals surface area contributed by atoms with Crippen LogP contribution in [0.25, 0.3) is 5.69 Å². The second kappa shape index (κ2) is 9.72. The molecule has 164 valence electrons. The van der Waals surface area contributed by atoms with Crippen molar-refractivity contribution in [2.45, 2.75) is 13.5 Å². The number of anilines is 1. The normalized spacial score (nSPS) is 18.9. The highest BCUT2D eigenvalue weighted by Crippen LogP contribution is 2.23. The number of hydrogen-bond donors (Lipinski definition) is 0. The lowest BCUT2D eigenvalue weighted by atomic mass is 10.3. The quantitative estimate of drug-likeness (QED) is 0.683. The van der Waals surface area contributed by atoms with Gasteiger partial charge in [0.25, 0.3) is 0 Å². The number of nitrogens with zero attached hydrogens (tertiary/aromatic N) is 5. The predicted molar refractivity (Wildman–Crippen MR) is 111 cm³/mol. The van der Waals surface area contributed by atoms with Crippen molar-refractivity contribution in [3.8, 4) is 11.4 Å². The van der Waals surface area contributed by atoms with Crippen LogP contribution in [0, 0.1) is 6.92 Å². The minimum Gasteiger partial charge on any atom is -0.435 e. The number of rotatable bonds is 7. The Balaban J connectivity index is 1.34. The van der Waals surface area contributed by atoms with Gasteiger partial charge in [-0.15, -0.1) is 0 Å². The zero-order valence-electron chi connectivity index (χ0n) is 17.3. The summed E-state index contributed by atoms with van der Waals surface area (Å²) < 4.78 is 36.7. The second-order valence-electron chi connectivity index (χ2n) is 7.71. The minimum atomic E-state index is -2.84. The molecule has 0 saturated carbocycles. The van der Waals surface area contributed by atoms with Crippen LogP contribution >= 0.6 is 0 Å². The molecule has 2 aliphatic rings. The summed E-state index contributed by atoms with van der Waals surface area (Å²) in [6.07, 6.45) is 0. The number of hydrogen-bond acceptors (Lipinski definition) is 6. The van der Waals surface area contributed by atoms with Crippen LogP contribution in [0.2, 0.25) is 0 Å². The third-order valence-electron chi connectivity index (χ3n) is 5.69. The molecule has 0 amide bonds. The molecule has 0 aliphatic carbocycles. The molecule has 2 saturated heterocycles. The van der Waals surface area contributed by atoms with E-state index in [1.54, 1.807) is 16.8 Å². The molecule has 1 aromatic carbocycles. The Morgan fingerprint density at radius 2 is 1.70 bits per heavy atom. The SMILES string of the molecule is Cc1cc(N2CCN(CCN3CCOCC3)CC2)nn1-c1cccc(OC(F)F)c1. The molecular formula is C21H29F2N5O2. The summed E-state index contributed by atoms with van der Waals surface area (Å²) in [5.41, 5.74) is 1.66. The van der Waals surface area contributed by atoms with E-state index in [2.05, 4.69) is 19.4 Å². The Hall–Kier alpha value is -2.23. The summed E-state index contributed by atoms with van der Waals surface area (Å²) in [4.78, 5) is 7.25. The van der Waals surface area contributed by atoms with Gasteiger partial charge in [-0.05, 0) is 19.1 Å². The van der Waals surface area contributed by atoms with Gasteiger partial charge in [0, 0.05) is 70.2 Å². The summed E-state index contributed by atoms with van der Waals surface area (Å²) in [6, 6.07) is 8.68. The number of piperazine rings is 1. The van der Waals surface area contributed by atoms with Gasteiger partial charge in [0.2, 0.25) is 0 Å². The molecule has 7 nitrogen and oxygen atoms in total. The topological polar surface area (TPSA) is 46.0 Å². The van der Waals surface area contributed by atoms with E-state index < -0.39 is 6.61 Å². The van der Waals surface area contributed by atoms with Crippen molar-refractivity contribution >= 4 is 5.82 Å². The molecule has 4 rings (SSSR count). The summed E-state index contributed by atoms with van der Waals surface area (Å²) in [5, 5.41) is 4.73. The molecule has 2 fully saturated rings. The molecule has 0 bridgehead atoms. The first-order valence-electron chi connectivity index (χ1n) is 10.5. The van der Waals surface area contributed by atoms with E-state index in [0.717, 1.165) is 77.1 Å². The van der Waals surface area contributed by atoms with Gasteiger partial charge in [-0.3, -0.25) is 9.80 Å².